The summed E-state index contributed by atoms with van der Waals surface area (Å²) in [5.41, 5.74) is 0. The van der Waals surface area contributed by atoms with E-state index in [0.29, 0.717) is 26.4 Å². The normalized spacial score (nSPS) is 10.2. The van der Waals surface area contributed by atoms with Crippen LogP contribution in [0.4, 0.5) is 0 Å². The third-order valence-electron chi connectivity index (χ3n) is 2.75. The highest BCUT2D eigenvalue weighted by atomic mass is 16.5. The maximum atomic E-state index is 5.42. The third-order valence-corrected chi connectivity index (χ3v) is 2.75. The molecule has 0 heterocycles. The topological polar surface area (TPSA) is 36.9 Å². The van der Waals surface area contributed by atoms with Gasteiger partial charge in [-0.15, -0.1) is 0 Å². The van der Waals surface area contributed by atoms with Crippen LogP contribution in [-0.2, 0) is 18.9 Å². The summed E-state index contributed by atoms with van der Waals surface area (Å²) in [6.07, 6.45) is 10.1. The molecular formula is C16H30O4. The summed E-state index contributed by atoms with van der Waals surface area (Å²) >= 11 is 0. The van der Waals surface area contributed by atoms with Crippen molar-refractivity contribution in [2.45, 2.75) is 38.5 Å². The zero-order chi connectivity index (χ0) is 14.7. The first-order valence-electron chi connectivity index (χ1n) is 7.52. The van der Waals surface area contributed by atoms with Gasteiger partial charge in [0.15, 0.2) is 0 Å². The van der Waals surface area contributed by atoms with Gasteiger partial charge in [0.05, 0.1) is 25.7 Å². The Labute approximate surface area is 123 Å². The van der Waals surface area contributed by atoms with Crippen molar-refractivity contribution in [1.29, 1.82) is 0 Å². The van der Waals surface area contributed by atoms with Crippen LogP contribution in [0, 0.1) is 0 Å². The van der Waals surface area contributed by atoms with Gasteiger partial charge in [0.2, 0.25) is 0 Å². The van der Waals surface area contributed by atoms with E-state index in [-0.39, 0.29) is 0 Å². The lowest BCUT2D eigenvalue weighted by Gasteiger charge is -2.05. The van der Waals surface area contributed by atoms with Crippen LogP contribution in [0.15, 0.2) is 25.7 Å². The van der Waals surface area contributed by atoms with Gasteiger partial charge < -0.3 is 18.9 Å². The van der Waals surface area contributed by atoms with E-state index in [1.165, 1.54) is 38.2 Å². The minimum absolute atomic E-state index is 0.599. The Balaban J connectivity index is 2.92. The molecule has 0 N–H and O–H groups in total. The second kappa shape index (κ2) is 18.0. The predicted molar refractivity (Wildman–Crippen MR) is 81.6 cm³/mol. The van der Waals surface area contributed by atoms with Gasteiger partial charge in [0.1, 0.15) is 13.2 Å². The summed E-state index contributed by atoms with van der Waals surface area (Å²) in [5.74, 6) is 0. The summed E-state index contributed by atoms with van der Waals surface area (Å²) < 4.78 is 20.8. The average molecular weight is 286 g/mol. The Morgan fingerprint density at radius 2 is 0.900 bits per heavy atom. The monoisotopic (exact) mass is 286 g/mol. The molecule has 4 heteroatoms. The highest BCUT2D eigenvalue weighted by Crippen LogP contribution is 2.05. The van der Waals surface area contributed by atoms with Gasteiger partial charge in [-0.3, -0.25) is 0 Å². The molecular weight excluding hydrogens is 256 g/mol. The molecule has 0 aromatic carbocycles. The van der Waals surface area contributed by atoms with Crippen molar-refractivity contribution in [3.63, 3.8) is 0 Å². The number of hydrogen-bond donors (Lipinski definition) is 0. The summed E-state index contributed by atoms with van der Waals surface area (Å²) in [6, 6.07) is 0. The summed E-state index contributed by atoms with van der Waals surface area (Å²) in [5, 5.41) is 0. The molecule has 0 rings (SSSR count). The first-order chi connectivity index (χ1) is 9.91. The largest absolute Gasteiger partial charge is 0.499 e. The van der Waals surface area contributed by atoms with Crippen LogP contribution < -0.4 is 0 Å². The Kier molecular flexibility index (Phi) is 17.1. The lowest BCUT2D eigenvalue weighted by molar-refractivity contribution is 0.0810. The molecule has 0 aromatic heterocycles. The van der Waals surface area contributed by atoms with Crippen molar-refractivity contribution >= 4 is 0 Å². The SMILES string of the molecule is C=COCCOCCCCCCCCOCCOC=C. The molecule has 4 nitrogen and oxygen atoms in total. The average Bonchev–Trinajstić information content (AvgIpc) is 2.47. The van der Waals surface area contributed by atoms with E-state index in [1.807, 2.05) is 0 Å². The second-order valence-corrected chi connectivity index (χ2v) is 4.42. The van der Waals surface area contributed by atoms with Gasteiger partial charge in [-0.05, 0) is 12.8 Å². The van der Waals surface area contributed by atoms with Gasteiger partial charge in [0, 0.05) is 13.2 Å². The van der Waals surface area contributed by atoms with Gasteiger partial charge in [0.25, 0.3) is 0 Å². The van der Waals surface area contributed by atoms with Gasteiger partial charge in [-0.25, -0.2) is 0 Å². The molecule has 118 valence electrons. The molecule has 0 radical (unpaired) electrons. The zero-order valence-electron chi connectivity index (χ0n) is 12.7. The molecule has 0 spiro atoms. The highest BCUT2D eigenvalue weighted by molar-refractivity contribution is 4.49. The lowest BCUT2D eigenvalue weighted by Crippen LogP contribution is -2.03. The molecule has 0 unspecified atom stereocenters. The van der Waals surface area contributed by atoms with Crippen molar-refractivity contribution in [1.82, 2.24) is 0 Å². The predicted octanol–water partition coefficient (Wildman–Crippen LogP) is 3.68. The van der Waals surface area contributed by atoms with Crippen LogP contribution in [0.1, 0.15) is 38.5 Å². The number of ether oxygens (including phenoxy) is 4. The fraction of sp³-hybridized carbons (Fsp3) is 0.750. The molecule has 0 bridgehead atoms. The van der Waals surface area contributed by atoms with Crippen LogP contribution in [0.25, 0.3) is 0 Å². The Morgan fingerprint density at radius 3 is 1.30 bits per heavy atom. The molecule has 0 amide bonds. The maximum absolute atomic E-state index is 5.42. The van der Waals surface area contributed by atoms with Crippen molar-refractivity contribution in [3.05, 3.63) is 25.7 Å². The molecule has 0 aliphatic carbocycles. The first kappa shape index (κ1) is 19.0. The summed E-state index contributed by atoms with van der Waals surface area (Å²) in [4.78, 5) is 0. The quantitative estimate of drug-likeness (QED) is 0.302. The first-order valence-corrected chi connectivity index (χ1v) is 7.52. The Hall–Kier alpha value is -1.00. The van der Waals surface area contributed by atoms with E-state index in [9.17, 15) is 0 Å². The molecule has 20 heavy (non-hydrogen) atoms. The van der Waals surface area contributed by atoms with Crippen LogP contribution in [0.3, 0.4) is 0 Å². The molecule has 0 aliphatic rings. The van der Waals surface area contributed by atoms with Crippen molar-refractivity contribution in [3.8, 4) is 0 Å². The van der Waals surface area contributed by atoms with Gasteiger partial charge >= 0.3 is 0 Å². The Morgan fingerprint density at radius 1 is 0.500 bits per heavy atom. The van der Waals surface area contributed by atoms with E-state index in [0.717, 1.165) is 26.1 Å². The van der Waals surface area contributed by atoms with Gasteiger partial charge in [-0.1, -0.05) is 38.8 Å². The van der Waals surface area contributed by atoms with E-state index in [4.69, 9.17) is 18.9 Å². The van der Waals surface area contributed by atoms with Crippen molar-refractivity contribution < 1.29 is 18.9 Å². The zero-order valence-corrected chi connectivity index (χ0v) is 12.7. The van der Waals surface area contributed by atoms with E-state index < -0.39 is 0 Å². The number of hydrogen-bond acceptors (Lipinski definition) is 4. The molecule has 0 fully saturated rings. The van der Waals surface area contributed by atoms with E-state index >= 15 is 0 Å². The minimum atomic E-state index is 0.599. The van der Waals surface area contributed by atoms with E-state index in [2.05, 4.69) is 13.2 Å². The third kappa shape index (κ3) is 17.0. The highest BCUT2D eigenvalue weighted by Gasteiger charge is 1.93. The van der Waals surface area contributed by atoms with Crippen LogP contribution in [0.2, 0.25) is 0 Å². The van der Waals surface area contributed by atoms with Crippen LogP contribution in [0.5, 0.6) is 0 Å². The molecule has 0 aromatic rings. The molecule has 0 saturated heterocycles. The second-order valence-electron chi connectivity index (χ2n) is 4.42. The number of rotatable bonds is 17. The minimum Gasteiger partial charge on any atom is -0.499 e. The standard InChI is InChI=1S/C16H30O4/c1-3-17-13-15-19-11-9-7-5-6-8-10-12-20-16-14-18-4-2/h3-4H,1-2,5-16H2. The fourth-order valence-corrected chi connectivity index (χ4v) is 1.70. The van der Waals surface area contributed by atoms with Crippen LogP contribution in [-0.4, -0.2) is 39.6 Å². The lowest BCUT2D eigenvalue weighted by atomic mass is 10.1. The summed E-state index contributed by atoms with van der Waals surface area (Å²) in [7, 11) is 0. The number of unbranched alkanes of at least 4 members (excludes halogenated alkanes) is 5. The molecule has 0 saturated carbocycles. The molecule has 0 atom stereocenters. The fourth-order valence-electron chi connectivity index (χ4n) is 1.70. The Bertz CT molecular complexity index is 185. The van der Waals surface area contributed by atoms with E-state index in [1.54, 1.807) is 0 Å². The maximum Gasteiger partial charge on any atom is 0.111 e. The molecule has 0 aliphatic heterocycles. The smallest absolute Gasteiger partial charge is 0.111 e. The summed E-state index contributed by atoms with van der Waals surface area (Å²) in [6.45, 7) is 11.1. The van der Waals surface area contributed by atoms with Crippen molar-refractivity contribution in [2.75, 3.05) is 39.6 Å². The van der Waals surface area contributed by atoms with Gasteiger partial charge in [-0.2, -0.15) is 0 Å². The van der Waals surface area contributed by atoms with Crippen molar-refractivity contribution in [2.24, 2.45) is 0 Å². The van der Waals surface area contributed by atoms with Crippen LogP contribution >= 0.6 is 0 Å².